The van der Waals surface area contributed by atoms with E-state index in [-0.39, 0.29) is 0 Å². The molecule has 0 bridgehead atoms. The van der Waals surface area contributed by atoms with E-state index >= 15 is 0 Å². The fourth-order valence-corrected chi connectivity index (χ4v) is 2.44. The first kappa shape index (κ1) is 10.9. The zero-order chi connectivity index (χ0) is 11.0. The van der Waals surface area contributed by atoms with Gasteiger partial charge in [-0.15, -0.1) is 0 Å². The summed E-state index contributed by atoms with van der Waals surface area (Å²) in [6.45, 7) is 4.03. The fourth-order valence-electron chi connectivity index (χ4n) is 1.49. The Bertz CT molecular complexity index is 503. The molecule has 0 unspecified atom stereocenters. The van der Waals surface area contributed by atoms with Crippen molar-refractivity contribution < 1.29 is 0 Å². The van der Waals surface area contributed by atoms with Crippen molar-refractivity contribution in [3.63, 3.8) is 0 Å². The van der Waals surface area contributed by atoms with Gasteiger partial charge in [-0.3, -0.25) is 0 Å². The van der Waals surface area contributed by atoms with Crippen molar-refractivity contribution in [1.82, 2.24) is 9.97 Å². The molecule has 0 fully saturated rings. The lowest BCUT2D eigenvalue weighted by Crippen LogP contribution is -1.84. The normalized spacial score (nSPS) is 10.7. The highest BCUT2D eigenvalue weighted by Gasteiger charge is 2.10. The third kappa shape index (κ3) is 2.16. The number of nitrogens with zero attached hydrogens (tertiary/aromatic N) is 1. The molecule has 0 aliphatic heterocycles. The molecule has 1 aromatic heterocycles. The second-order valence-electron chi connectivity index (χ2n) is 3.44. The third-order valence-electron chi connectivity index (χ3n) is 2.23. The molecule has 78 valence electrons. The van der Waals surface area contributed by atoms with Gasteiger partial charge in [0.2, 0.25) is 0 Å². The summed E-state index contributed by atoms with van der Waals surface area (Å²) in [5.74, 6) is 0.913. The lowest BCUT2D eigenvalue weighted by molar-refractivity contribution is 1.14. The highest BCUT2D eigenvalue weighted by atomic mass is 79.9. The van der Waals surface area contributed by atoms with E-state index in [1.165, 1.54) is 5.56 Å². The van der Waals surface area contributed by atoms with Crippen LogP contribution in [-0.4, -0.2) is 9.97 Å². The molecule has 0 saturated heterocycles. The maximum Gasteiger partial charge on any atom is 0.110 e. The Hall–Kier alpha value is -0.610. The van der Waals surface area contributed by atoms with Crippen LogP contribution in [0.15, 0.2) is 27.3 Å². The molecule has 0 radical (unpaired) electrons. The van der Waals surface area contributed by atoms with E-state index in [0.29, 0.717) is 0 Å². The van der Waals surface area contributed by atoms with Crippen LogP contribution in [0.5, 0.6) is 0 Å². The molecule has 2 nitrogen and oxygen atoms in total. The van der Waals surface area contributed by atoms with Gasteiger partial charge in [0.25, 0.3) is 0 Å². The molecule has 4 heteroatoms. The van der Waals surface area contributed by atoms with Crippen LogP contribution in [0.4, 0.5) is 0 Å². The molecular weight excluding hydrogens is 320 g/mol. The number of rotatable bonds is 1. The number of hydrogen-bond acceptors (Lipinski definition) is 1. The minimum absolute atomic E-state index is 0.913. The van der Waals surface area contributed by atoms with Crippen LogP contribution in [0, 0.1) is 13.8 Å². The number of H-pyrrole nitrogens is 1. The Morgan fingerprint density at radius 2 is 1.93 bits per heavy atom. The van der Waals surface area contributed by atoms with Crippen molar-refractivity contribution in [2.75, 3.05) is 0 Å². The number of hydrogen-bond donors (Lipinski definition) is 1. The summed E-state index contributed by atoms with van der Waals surface area (Å²) in [6.07, 6.45) is 0. The molecule has 1 heterocycles. The minimum Gasteiger partial charge on any atom is -0.336 e. The number of aromatic amines is 1. The van der Waals surface area contributed by atoms with Crippen LogP contribution in [0.2, 0.25) is 0 Å². The summed E-state index contributed by atoms with van der Waals surface area (Å²) in [5, 5.41) is 0. The molecule has 0 spiro atoms. The van der Waals surface area contributed by atoms with E-state index in [2.05, 4.69) is 60.9 Å². The Morgan fingerprint density at radius 1 is 1.20 bits per heavy atom. The van der Waals surface area contributed by atoms with Gasteiger partial charge in [0.15, 0.2) is 0 Å². The summed E-state index contributed by atoms with van der Waals surface area (Å²) in [6, 6.07) is 6.19. The summed E-state index contributed by atoms with van der Waals surface area (Å²) >= 11 is 6.95. The van der Waals surface area contributed by atoms with Gasteiger partial charge in [0.05, 0.1) is 0 Å². The molecule has 0 saturated carbocycles. The Labute approximate surface area is 105 Å². The second-order valence-corrected chi connectivity index (χ2v) is 5.15. The molecule has 1 aromatic carbocycles. The third-order valence-corrected chi connectivity index (χ3v) is 3.30. The van der Waals surface area contributed by atoms with Crippen molar-refractivity contribution in [3.8, 4) is 11.3 Å². The summed E-state index contributed by atoms with van der Waals surface area (Å²) in [4.78, 5) is 7.60. The van der Waals surface area contributed by atoms with E-state index in [1.807, 2.05) is 13.0 Å². The van der Waals surface area contributed by atoms with Gasteiger partial charge in [-0.1, -0.05) is 22.0 Å². The summed E-state index contributed by atoms with van der Waals surface area (Å²) in [5.41, 5.74) is 3.32. The molecule has 2 rings (SSSR count). The molecule has 15 heavy (non-hydrogen) atoms. The lowest BCUT2D eigenvalue weighted by atomic mass is 10.1. The van der Waals surface area contributed by atoms with Crippen LogP contribution in [0.1, 0.15) is 11.4 Å². The van der Waals surface area contributed by atoms with Crippen LogP contribution in [-0.2, 0) is 0 Å². The van der Waals surface area contributed by atoms with Gasteiger partial charge >= 0.3 is 0 Å². The molecule has 0 aliphatic rings. The van der Waals surface area contributed by atoms with Crippen molar-refractivity contribution in [3.05, 3.63) is 38.7 Å². The van der Waals surface area contributed by atoms with Crippen LogP contribution >= 0.6 is 31.9 Å². The molecule has 0 aliphatic carbocycles. The maximum atomic E-state index is 4.46. The molecule has 0 amide bonds. The summed E-state index contributed by atoms with van der Waals surface area (Å²) in [7, 11) is 0. The molecular formula is C11H10Br2N2. The number of halogens is 2. The van der Waals surface area contributed by atoms with Gasteiger partial charge < -0.3 is 4.98 Å². The van der Waals surface area contributed by atoms with Gasteiger partial charge in [-0.2, -0.15) is 0 Å². The Balaban J connectivity index is 2.62. The van der Waals surface area contributed by atoms with Gasteiger partial charge in [0, 0.05) is 10.0 Å². The molecule has 2 aromatic rings. The zero-order valence-corrected chi connectivity index (χ0v) is 11.6. The van der Waals surface area contributed by atoms with Crippen molar-refractivity contribution in [2.24, 2.45) is 0 Å². The van der Waals surface area contributed by atoms with E-state index < -0.39 is 0 Å². The smallest absolute Gasteiger partial charge is 0.110 e. The Morgan fingerprint density at radius 3 is 2.53 bits per heavy atom. The average molecular weight is 330 g/mol. The first-order valence-corrected chi connectivity index (χ1v) is 6.15. The van der Waals surface area contributed by atoms with E-state index in [4.69, 9.17) is 0 Å². The fraction of sp³-hybridized carbons (Fsp3) is 0.182. The number of imidazole rings is 1. The quantitative estimate of drug-likeness (QED) is 0.833. The highest BCUT2D eigenvalue weighted by molar-refractivity contribution is 9.10. The first-order chi connectivity index (χ1) is 7.08. The standard InChI is InChI=1S/C11H10Br2N2/c1-6-3-4-8(12)5-9(6)10-11(13)15-7(2)14-10/h3-5H,1-2H3,(H,14,15). The SMILES string of the molecule is Cc1nc(-c2cc(Br)ccc2C)c(Br)[nH]1. The van der Waals surface area contributed by atoms with Crippen LogP contribution < -0.4 is 0 Å². The second kappa shape index (κ2) is 4.10. The van der Waals surface area contributed by atoms with Crippen LogP contribution in [0.3, 0.4) is 0 Å². The predicted octanol–water partition coefficient (Wildman–Crippen LogP) is 4.22. The number of nitrogens with one attached hydrogen (secondary N) is 1. The zero-order valence-electron chi connectivity index (χ0n) is 8.44. The van der Waals surface area contributed by atoms with E-state index in [0.717, 1.165) is 26.2 Å². The number of aromatic nitrogens is 2. The average Bonchev–Trinajstić information content (AvgIpc) is 2.50. The highest BCUT2D eigenvalue weighted by Crippen LogP contribution is 2.30. The molecule has 1 N–H and O–H groups in total. The predicted molar refractivity (Wildman–Crippen MR) is 68.9 cm³/mol. The van der Waals surface area contributed by atoms with Gasteiger partial charge in [-0.05, 0) is 47.5 Å². The number of benzene rings is 1. The van der Waals surface area contributed by atoms with Crippen molar-refractivity contribution in [2.45, 2.75) is 13.8 Å². The molecule has 0 atom stereocenters. The van der Waals surface area contributed by atoms with E-state index in [1.54, 1.807) is 0 Å². The monoisotopic (exact) mass is 328 g/mol. The summed E-state index contributed by atoms with van der Waals surface area (Å²) < 4.78 is 2.00. The van der Waals surface area contributed by atoms with Crippen molar-refractivity contribution >= 4 is 31.9 Å². The number of aryl methyl sites for hydroxylation is 2. The first-order valence-electron chi connectivity index (χ1n) is 4.56. The maximum absolute atomic E-state index is 4.46. The van der Waals surface area contributed by atoms with Crippen molar-refractivity contribution in [1.29, 1.82) is 0 Å². The van der Waals surface area contributed by atoms with E-state index in [9.17, 15) is 0 Å². The largest absolute Gasteiger partial charge is 0.336 e. The minimum atomic E-state index is 0.913. The van der Waals surface area contributed by atoms with Gasteiger partial charge in [-0.25, -0.2) is 4.98 Å². The lowest BCUT2D eigenvalue weighted by Gasteiger charge is -2.03. The Kier molecular flexibility index (Phi) is 2.98. The topological polar surface area (TPSA) is 28.7 Å². The van der Waals surface area contributed by atoms with Gasteiger partial charge in [0.1, 0.15) is 16.1 Å². The van der Waals surface area contributed by atoms with Crippen LogP contribution in [0.25, 0.3) is 11.3 Å².